The van der Waals surface area contributed by atoms with Gasteiger partial charge in [0.25, 0.3) is 0 Å². The van der Waals surface area contributed by atoms with E-state index >= 15 is 0 Å². The maximum absolute atomic E-state index is 12.2. The summed E-state index contributed by atoms with van der Waals surface area (Å²) in [5.74, 6) is 0.0335. The van der Waals surface area contributed by atoms with Crippen LogP contribution in [0.4, 0.5) is 0 Å². The third kappa shape index (κ3) is 6.61. The Labute approximate surface area is 163 Å². The van der Waals surface area contributed by atoms with Crippen LogP contribution in [0.5, 0.6) is 0 Å². The molecule has 1 aromatic carbocycles. The summed E-state index contributed by atoms with van der Waals surface area (Å²) in [4.78, 5) is 26.2. The molecule has 26 heavy (non-hydrogen) atoms. The highest BCUT2D eigenvalue weighted by molar-refractivity contribution is 5.85. The molecule has 1 aromatic rings. The summed E-state index contributed by atoms with van der Waals surface area (Å²) < 4.78 is 0. The van der Waals surface area contributed by atoms with Gasteiger partial charge in [0.05, 0.1) is 0 Å². The summed E-state index contributed by atoms with van der Waals surface area (Å²) in [6.07, 6.45) is 3.48. The molecular formula is C20H32ClN3O2. The van der Waals surface area contributed by atoms with E-state index in [0.717, 1.165) is 38.9 Å². The van der Waals surface area contributed by atoms with E-state index in [4.69, 9.17) is 0 Å². The van der Waals surface area contributed by atoms with E-state index in [1.807, 2.05) is 11.0 Å². The zero-order valence-electron chi connectivity index (χ0n) is 15.9. The highest BCUT2D eigenvalue weighted by Gasteiger charge is 2.20. The molecule has 1 aliphatic heterocycles. The van der Waals surface area contributed by atoms with Gasteiger partial charge in [0.1, 0.15) is 0 Å². The molecule has 1 atom stereocenters. The van der Waals surface area contributed by atoms with Crippen LogP contribution in [0.1, 0.15) is 56.7 Å². The molecule has 2 N–H and O–H groups in total. The van der Waals surface area contributed by atoms with E-state index in [2.05, 4.69) is 42.7 Å². The maximum Gasteiger partial charge on any atom is 0.223 e. The molecule has 0 radical (unpaired) electrons. The normalized spacial score (nSPS) is 15.5. The van der Waals surface area contributed by atoms with Crippen LogP contribution in [0.3, 0.4) is 0 Å². The third-order valence-corrected chi connectivity index (χ3v) is 4.62. The van der Waals surface area contributed by atoms with Gasteiger partial charge in [-0.2, -0.15) is 0 Å². The van der Waals surface area contributed by atoms with Crippen LogP contribution < -0.4 is 10.6 Å². The second-order valence-electron chi connectivity index (χ2n) is 6.64. The molecule has 0 aromatic heterocycles. The summed E-state index contributed by atoms with van der Waals surface area (Å²) in [6.45, 7) is 7.18. The van der Waals surface area contributed by atoms with E-state index in [1.54, 1.807) is 0 Å². The van der Waals surface area contributed by atoms with Gasteiger partial charge in [0, 0.05) is 38.5 Å². The van der Waals surface area contributed by atoms with E-state index in [0.29, 0.717) is 13.0 Å². The van der Waals surface area contributed by atoms with Crippen LogP contribution in [0, 0.1) is 0 Å². The molecule has 1 aliphatic rings. The lowest BCUT2D eigenvalue weighted by Crippen LogP contribution is -2.39. The fraction of sp³-hybridized carbons (Fsp3) is 0.600. The Morgan fingerprint density at radius 2 is 1.85 bits per heavy atom. The highest BCUT2D eigenvalue weighted by atomic mass is 35.5. The summed E-state index contributed by atoms with van der Waals surface area (Å²) in [7, 11) is 0. The van der Waals surface area contributed by atoms with E-state index in [-0.39, 0.29) is 36.7 Å². The molecule has 0 saturated heterocycles. The number of fused-ring (bicyclic) bond motifs is 1. The van der Waals surface area contributed by atoms with Gasteiger partial charge in [-0.05, 0) is 36.9 Å². The second-order valence-corrected chi connectivity index (χ2v) is 6.64. The van der Waals surface area contributed by atoms with Crippen LogP contribution in [0.2, 0.25) is 0 Å². The van der Waals surface area contributed by atoms with E-state index < -0.39 is 0 Å². The fourth-order valence-electron chi connectivity index (χ4n) is 3.36. The number of nitrogens with one attached hydrogen (secondary N) is 2. The molecule has 5 nitrogen and oxygen atoms in total. The maximum atomic E-state index is 12.2. The van der Waals surface area contributed by atoms with Crippen molar-refractivity contribution >= 4 is 24.2 Å². The van der Waals surface area contributed by atoms with Crippen molar-refractivity contribution in [3.05, 3.63) is 35.4 Å². The smallest absolute Gasteiger partial charge is 0.223 e. The number of nitrogens with zero attached hydrogens (tertiary/aromatic N) is 1. The molecule has 146 valence electrons. The van der Waals surface area contributed by atoms with E-state index in [1.165, 1.54) is 11.1 Å². The average Bonchev–Trinajstić information content (AvgIpc) is 2.64. The standard InChI is InChI=1S/C20H31N3O2.ClH/c1-3-13-23(14-4-2)20(25)10-9-19(24)22-15-18-17-8-6-5-7-16(17)11-12-21-18;/h5-8,18,21H,3-4,9-15H2,1-2H3,(H,22,24);1H. The first-order valence-electron chi connectivity index (χ1n) is 9.51. The Hall–Kier alpha value is -1.59. The average molecular weight is 382 g/mol. The molecule has 0 aliphatic carbocycles. The lowest BCUT2D eigenvalue weighted by molar-refractivity contribution is -0.133. The molecule has 2 rings (SSSR count). The quantitative estimate of drug-likeness (QED) is 0.691. The zero-order chi connectivity index (χ0) is 18.1. The van der Waals surface area contributed by atoms with Gasteiger partial charge < -0.3 is 15.5 Å². The largest absolute Gasteiger partial charge is 0.354 e. The Kier molecular flexibility index (Phi) is 10.3. The molecule has 1 heterocycles. The van der Waals surface area contributed by atoms with Crippen molar-refractivity contribution in [2.24, 2.45) is 0 Å². The van der Waals surface area contributed by atoms with Crippen molar-refractivity contribution in [3.8, 4) is 0 Å². The number of halogens is 1. The molecule has 0 fully saturated rings. The van der Waals surface area contributed by atoms with Crippen LogP contribution in [-0.4, -0.2) is 42.9 Å². The number of benzene rings is 1. The van der Waals surface area contributed by atoms with Crippen molar-refractivity contribution in [2.45, 2.75) is 52.0 Å². The number of amides is 2. The van der Waals surface area contributed by atoms with Crippen LogP contribution in [0.25, 0.3) is 0 Å². The first-order chi connectivity index (χ1) is 12.2. The Bertz CT molecular complexity index is 574. The Balaban J connectivity index is 0.00000338. The molecule has 1 unspecified atom stereocenters. The third-order valence-electron chi connectivity index (χ3n) is 4.62. The van der Waals surface area contributed by atoms with Gasteiger partial charge in [-0.1, -0.05) is 38.1 Å². The molecular weight excluding hydrogens is 350 g/mol. The SMILES string of the molecule is CCCN(CCC)C(=O)CCC(=O)NCC1NCCc2ccccc21.Cl. The predicted octanol–water partition coefficient (Wildman–Crippen LogP) is 2.84. The van der Waals surface area contributed by atoms with Crippen molar-refractivity contribution in [1.82, 2.24) is 15.5 Å². The lowest BCUT2D eigenvalue weighted by atomic mass is 9.94. The predicted molar refractivity (Wildman–Crippen MR) is 108 cm³/mol. The fourth-order valence-corrected chi connectivity index (χ4v) is 3.36. The molecule has 0 bridgehead atoms. The number of carbonyl (C=O) groups excluding carboxylic acids is 2. The minimum absolute atomic E-state index is 0. The number of carbonyl (C=O) groups is 2. The van der Waals surface area contributed by atoms with Crippen molar-refractivity contribution in [3.63, 3.8) is 0 Å². The Morgan fingerprint density at radius 1 is 1.15 bits per heavy atom. The first kappa shape index (κ1) is 22.5. The second kappa shape index (κ2) is 11.9. The van der Waals surface area contributed by atoms with Crippen molar-refractivity contribution in [2.75, 3.05) is 26.2 Å². The van der Waals surface area contributed by atoms with Crippen molar-refractivity contribution < 1.29 is 9.59 Å². The van der Waals surface area contributed by atoms with Crippen LogP contribution in [-0.2, 0) is 16.0 Å². The summed E-state index contributed by atoms with van der Waals surface area (Å²) in [5.41, 5.74) is 2.62. The van der Waals surface area contributed by atoms with Gasteiger partial charge >= 0.3 is 0 Å². The summed E-state index contributed by atoms with van der Waals surface area (Å²) in [5, 5.41) is 6.44. The number of rotatable bonds is 9. The summed E-state index contributed by atoms with van der Waals surface area (Å²) in [6, 6.07) is 8.52. The topological polar surface area (TPSA) is 61.4 Å². The monoisotopic (exact) mass is 381 g/mol. The molecule has 6 heteroatoms. The molecule has 0 saturated carbocycles. The first-order valence-corrected chi connectivity index (χ1v) is 9.51. The van der Waals surface area contributed by atoms with Gasteiger partial charge in [-0.25, -0.2) is 0 Å². The van der Waals surface area contributed by atoms with Gasteiger partial charge in [0.15, 0.2) is 0 Å². The number of hydrogen-bond acceptors (Lipinski definition) is 3. The summed E-state index contributed by atoms with van der Waals surface area (Å²) >= 11 is 0. The van der Waals surface area contributed by atoms with Crippen LogP contribution in [0.15, 0.2) is 24.3 Å². The van der Waals surface area contributed by atoms with E-state index in [9.17, 15) is 9.59 Å². The van der Waals surface area contributed by atoms with Gasteiger partial charge in [0.2, 0.25) is 11.8 Å². The van der Waals surface area contributed by atoms with Crippen LogP contribution >= 0.6 is 12.4 Å². The highest BCUT2D eigenvalue weighted by Crippen LogP contribution is 2.21. The van der Waals surface area contributed by atoms with Gasteiger partial charge in [-0.3, -0.25) is 9.59 Å². The zero-order valence-corrected chi connectivity index (χ0v) is 16.7. The minimum Gasteiger partial charge on any atom is -0.354 e. The van der Waals surface area contributed by atoms with Gasteiger partial charge in [-0.15, -0.1) is 12.4 Å². The lowest BCUT2D eigenvalue weighted by Gasteiger charge is -2.27. The molecule has 0 spiro atoms. The Morgan fingerprint density at radius 3 is 2.54 bits per heavy atom. The molecule has 2 amide bonds. The minimum atomic E-state index is -0.0499. The van der Waals surface area contributed by atoms with Crippen molar-refractivity contribution in [1.29, 1.82) is 0 Å². The number of hydrogen-bond donors (Lipinski definition) is 2.